The van der Waals surface area contributed by atoms with E-state index in [4.69, 9.17) is 0 Å². The van der Waals surface area contributed by atoms with Crippen LogP contribution in [0.1, 0.15) is 39.3 Å². The van der Waals surface area contributed by atoms with Crippen molar-refractivity contribution >= 4 is 17.5 Å². The zero-order valence-electron chi connectivity index (χ0n) is 13.7. The van der Waals surface area contributed by atoms with Crippen molar-refractivity contribution in [3.8, 4) is 0 Å². The number of benzene rings is 1. The number of pyridine rings is 1. The summed E-state index contributed by atoms with van der Waals surface area (Å²) in [5, 5.41) is 2.38. The highest BCUT2D eigenvalue weighted by Gasteiger charge is 2.30. The minimum absolute atomic E-state index is 0.00268. The van der Waals surface area contributed by atoms with Gasteiger partial charge in [-0.15, -0.1) is 0 Å². The number of anilines is 1. The van der Waals surface area contributed by atoms with Crippen LogP contribution < -0.4 is 5.32 Å². The molecule has 5 nitrogen and oxygen atoms in total. The Morgan fingerprint density at radius 3 is 2.50 bits per heavy atom. The van der Waals surface area contributed by atoms with Gasteiger partial charge in [0.1, 0.15) is 5.69 Å². The predicted octanol–water partition coefficient (Wildman–Crippen LogP) is 3.59. The summed E-state index contributed by atoms with van der Waals surface area (Å²) >= 11 is 0. The molecular weight excluding hydrogens is 347 g/mol. The first-order valence-corrected chi connectivity index (χ1v) is 8.08. The number of carbonyl (C=O) groups is 2. The lowest BCUT2D eigenvalue weighted by Gasteiger charge is -2.15. The summed E-state index contributed by atoms with van der Waals surface area (Å²) < 4.78 is 38.3. The lowest BCUT2D eigenvalue weighted by Crippen LogP contribution is -2.28. The normalized spacial score (nSPS) is 14.3. The van der Waals surface area contributed by atoms with E-state index in [-0.39, 0.29) is 17.3 Å². The minimum atomic E-state index is -4.50. The summed E-state index contributed by atoms with van der Waals surface area (Å²) in [5.74, 6) is -0.863. The molecule has 26 heavy (non-hydrogen) atoms. The zero-order chi connectivity index (χ0) is 18.7. The van der Waals surface area contributed by atoms with E-state index < -0.39 is 17.6 Å². The van der Waals surface area contributed by atoms with Crippen LogP contribution in [0.15, 0.2) is 42.6 Å². The molecule has 1 fully saturated rings. The van der Waals surface area contributed by atoms with Crippen LogP contribution in [0.3, 0.4) is 0 Å². The lowest BCUT2D eigenvalue weighted by atomic mass is 10.1. The van der Waals surface area contributed by atoms with Gasteiger partial charge >= 0.3 is 6.18 Å². The van der Waals surface area contributed by atoms with Gasteiger partial charge in [0.25, 0.3) is 11.8 Å². The Hall–Kier alpha value is -2.90. The number of halogens is 3. The quantitative estimate of drug-likeness (QED) is 0.907. The van der Waals surface area contributed by atoms with Crippen LogP contribution >= 0.6 is 0 Å². The van der Waals surface area contributed by atoms with Gasteiger partial charge in [0.15, 0.2) is 0 Å². The lowest BCUT2D eigenvalue weighted by molar-refractivity contribution is -0.137. The van der Waals surface area contributed by atoms with Gasteiger partial charge < -0.3 is 10.2 Å². The second-order valence-electron chi connectivity index (χ2n) is 5.96. The molecule has 1 N–H and O–H groups in total. The average molecular weight is 363 g/mol. The summed E-state index contributed by atoms with van der Waals surface area (Å²) in [6, 6.07) is 7.19. The van der Waals surface area contributed by atoms with Crippen molar-refractivity contribution in [2.75, 3.05) is 18.4 Å². The van der Waals surface area contributed by atoms with Gasteiger partial charge in [-0.2, -0.15) is 13.2 Å². The Balaban J connectivity index is 1.76. The summed E-state index contributed by atoms with van der Waals surface area (Å²) in [7, 11) is 0. The van der Waals surface area contributed by atoms with Crippen LogP contribution in [0, 0.1) is 0 Å². The highest BCUT2D eigenvalue weighted by molar-refractivity contribution is 6.04. The molecular formula is C18H16F3N3O2. The first-order valence-electron chi connectivity index (χ1n) is 8.08. The Morgan fingerprint density at radius 1 is 1.08 bits per heavy atom. The molecule has 1 saturated heterocycles. The molecule has 0 aliphatic carbocycles. The fraction of sp³-hybridized carbons (Fsp3) is 0.278. The van der Waals surface area contributed by atoms with Gasteiger partial charge in [0, 0.05) is 30.5 Å². The van der Waals surface area contributed by atoms with Crippen molar-refractivity contribution in [1.29, 1.82) is 0 Å². The third-order valence-corrected chi connectivity index (χ3v) is 4.08. The van der Waals surface area contributed by atoms with E-state index in [0.29, 0.717) is 18.7 Å². The van der Waals surface area contributed by atoms with Crippen molar-refractivity contribution < 1.29 is 22.8 Å². The number of aromatic nitrogens is 1. The fourth-order valence-electron chi connectivity index (χ4n) is 2.76. The van der Waals surface area contributed by atoms with E-state index in [1.807, 2.05) is 0 Å². The molecule has 0 saturated carbocycles. The first-order chi connectivity index (χ1) is 12.3. The van der Waals surface area contributed by atoms with E-state index >= 15 is 0 Å². The van der Waals surface area contributed by atoms with E-state index in [9.17, 15) is 22.8 Å². The Kier molecular flexibility index (Phi) is 4.92. The SMILES string of the molecule is O=C(Nc1cccc(C(F)(F)F)c1)c1cc(C(=O)N2CCCC2)ccn1. The second-order valence-corrected chi connectivity index (χ2v) is 5.96. The number of hydrogen-bond donors (Lipinski definition) is 1. The van der Waals surface area contributed by atoms with Crippen molar-refractivity contribution in [2.24, 2.45) is 0 Å². The smallest absolute Gasteiger partial charge is 0.339 e. The van der Waals surface area contributed by atoms with Crippen molar-refractivity contribution in [3.05, 3.63) is 59.4 Å². The van der Waals surface area contributed by atoms with Gasteiger partial charge in [-0.05, 0) is 43.2 Å². The molecule has 1 aliphatic heterocycles. The van der Waals surface area contributed by atoms with Crippen LogP contribution in [-0.4, -0.2) is 34.8 Å². The van der Waals surface area contributed by atoms with Crippen LogP contribution in [0.5, 0.6) is 0 Å². The number of amides is 2. The number of carbonyl (C=O) groups excluding carboxylic acids is 2. The van der Waals surface area contributed by atoms with Gasteiger partial charge in [0.2, 0.25) is 0 Å². The maximum absolute atomic E-state index is 12.8. The third kappa shape index (κ3) is 4.01. The van der Waals surface area contributed by atoms with Gasteiger partial charge in [0.05, 0.1) is 5.56 Å². The fourth-order valence-corrected chi connectivity index (χ4v) is 2.76. The standard InChI is InChI=1S/C18H16F3N3O2/c19-18(20,21)13-4-3-5-14(11-13)23-16(25)15-10-12(6-7-22-15)17(26)24-8-1-2-9-24/h3-7,10-11H,1-2,8-9H2,(H,23,25). The highest BCUT2D eigenvalue weighted by Crippen LogP contribution is 2.30. The first kappa shape index (κ1) is 17.9. The predicted molar refractivity (Wildman–Crippen MR) is 88.8 cm³/mol. The zero-order valence-corrected chi connectivity index (χ0v) is 13.7. The summed E-state index contributed by atoms with van der Waals surface area (Å²) in [5.41, 5.74) is -0.562. The van der Waals surface area contributed by atoms with Crippen molar-refractivity contribution in [3.63, 3.8) is 0 Å². The van der Waals surface area contributed by atoms with Crippen LogP contribution in [0.4, 0.5) is 18.9 Å². The Bertz CT molecular complexity index is 830. The summed E-state index contributed by atoms with van der Waals surface area (Å²) in [4.78, 5) is 30.3. The molecule has 8 heteroatoms. The molecule has 0 atom stereocenters. The second kappa shape index (κ2) is 7.15. The molecule has 0 bridgehead atoms. The molecule has 1 aliphatic rings. The monoisotopic (exact) mass is 363 g/mol. The number of nitrogens with zero attached hydrogens (tertiary/aromatic N) is 2. The summed E-state index contributed by atoms with van der Waals surface area (Å²) in [6.07, 6.45) is -1.27. The summed E-state index contributed by atoms with van der Waals surface area (Å²) in [6.45, 7) is 1.35. The molecule has 2 heterocycles. The molecule has 3 rings (SSSR count). The van der Waals surface area contributed by atoms with Crippen LogP contribution in [-0.2, 0) is 6.18 Å². The van der Waals surface area contributed by atoms with Crippen molar-refractivity contribution in [1.82, 2.24) is 9.88 Å². The van der Waals surface area contributed by atoms with Crippen LogP contribution in [0.2, 0.25) is 0 Å². The maximum atomic E-state index is 12.8. The number of rotatable bonds is 3. The average Bonchev–Trinajstić information content (AvgIpc) is 3.15. The van der Waals surface area contributed by atoms with E-state index in [2.05, 4.69) is 10.3 Å². The highest BCUT2D eigenvalue weighted by atomic mass is 19.4. The number of hydrogen-bond acceptors (Lipinski definition) is 3. The van der Waals surface area contributed by atoms with Gasteiger partial charge in [-0.3, -0.25) is 14.6 Å². The Labute approximate surface area is 147 Å². The van der Waals surface area contributed by atoms with Gasteiger partial charge in [-0.25, -0.2) is 0 Å². The minimum Gasteiger partial charge on any atom is -0.339 e. The topological polar surface area (TPSA) is 62.3 Å². The largest absolute Gasteiger partial charge is 0.416 e. The molecule has 0 spiro atoms. The number of likely N-dealkylation sites (tertiary alicyclic amines) is 1. The molecule has 136 valence electrons. The van der Waals surface area contributed by atoms with Crippen molar-refractivity contribution in [2.45, 2.75) is 19.0 Å². The maximum Gasteiger partial charge on any atom is 0.416 e. The van der Waals surface area contributed by atoms with E-state index in [0.717, 1.165) is 25.0 Å². The third-order valence-electron chi connectivity index (χ3n) is 4.08. The van der Waals surface area contributed by atoms with Gasteiger partial charge in [-0.1, -0.05) is 6.07 Å². The Morgan fingerprint density at radius 2 is 1.81 bits per heavy atom. The van der Waals surface area contributed by atoms with E-state index in [1.54, 1.807) is 4.90 Å². The molecule has 1 aromatic heterocycles. The van der Waals surface area contributed by atoms with Crippen LogP contribution in [0.25, 0.3) is 0 Å². The number of alkyl halides is 3. The molecule has 2 amide bonds. The molecule has 2 aromatic rings. The molecule has 0 radical (unpaired) electrons. The van der Waals surface area contributed by atoms with E-state index in [1.165, 1.54) is 30.5 Å². The number of nitrogens with one attached hydrogen (secondary N) is 1. The molecule has 0 unspecified atom stereocenters. The molecule has 1 aromatic carbocycles.